The Bertz CT molecular complexity index is 80.0. The van der Waals surface area contributed by atoms with Crippen LogP contribution in [0.3, 0.4) is 0 Å². The van der Waals surface area contributed by atoms with Gasteiger partial charge in [-0.15, -0.1) is 0 Å². The third-order valence-corrected chi connectivity index (χ3v) is 1.39. The molecule has 0 N–H and O–H groups in total. The maximum Gasteiger partial charge on any atom is -0.0194 e. The highest BCUT2D eigenvalue weighted by atomic mass is 14.3. The molecule has 0 spiro atoms. The van der Waals surface area contributed by atoms with Gasteiger partial charge in [-0.2, -0.15) is 0 Å². The molecule has 0 radical (unpaired) electrons. The van der Waals surface area contributed by atoms with Crippen molar-refractivity contribution in [3.8, 4) is 0 Å². The van der Waals surface area contributed by atoms with E-state index in [-0.39, 0.29) is 0 Å². The summed E-state index contributed by atoms with van der Waals surface area (Å²) in [6.07, 6.45) is 3.57. The van der Waals surface area contributed by atoms with Crippen molar-refractivity contribution in [2.24, 2.45) is 5.92 Å². The smallest absolute Gasteiger partial charge is 0.0194 e. The average molecular weight is 82.1 g/mol. The van der Waals surface area contributed by atoms with Gasteiger partial charge in [0.05, 0.1) is 0 Å². The van der Waals surface area contributed by atoms with E-state index in [0.717, 1.165) is 5.92 Å². The van der Waals surface area contributed by atoms with Crippen LogP contribution in [0.5, 0.6) is 0 Å². The Morgan fingerprint density at radius 2 is 2.33 bits per heavy atom. The van der Waals surface area contributed by atoms with E-state index in [4.69, 9.17) is 0 Å². The third kappa shape index (κ3) is 0.469. The molecular weight excluding hydrogens is 72.1 g/mol. The highest BCUT2D eigenvalue weighted by Crippen LogP contribution is 2.35. The lowest BCUT2D eigenvalue weighted by Gasteiger charge is -1.63. The fourth-order valence-corrected chi connectivity index (χ4v) is 0.697. The van der Waals surface area contributed by atoms with Crippen LogP contribution in [-0.2, 0) is 0 Å². The van der Waals surface area contributed by atoms with Gasteiger partial charge in [-0.3, -0.25) is 0 Å². The van der Waals surface area contributed by atoms with Crippen molar-refractivity contribution < 1.29 is 0 Å². The van der Waals surface area contributed by atoms with Crippen LogP contribution in [0.1, 0.15) is 20.3 Å². The first-order chi connectivity index (χ1) is 2.84. The minimum Gasteiger partial charge on any atom is -0.0882 e. The highest BCUT2D eigenvalue weighted by Gasteiger charge is 2.21. The summed E-state index contributed by atoms with van der Waals surface area (Å²) in [4.78, 5) is 0. The van der Waals surface area contributed by atoms with Gasteiger partial charge < -0.3 is 0 Å². The van der Waals surface area contributed by atoms with Gasteiger partial charge in [-0.25, -0.2) is 0 Å². The molecule has 0 aromatic rings. The van der Waals surface area contributed by atoms with Crippen LogP contribution in [0.4, 0.5) is 0 Å². The zero-order chi connectivity index (χ0) is 4.57. The Morgan fingerprint density at radius 1 is 1.83 bits per heavy atom. The molecular formula is C6H10. The molecule has 0 aliphatic heterocycles. The third-order valence-electron chi connectivity index (χ3n) is 1.39. The summed E-state index contributed by atoms with van der Waals surface area (Å²) in [7, 11) is 0. The van der Waals surface area contributed by atoms with Crippen LogP contribution in [0.25, 0.3) is 0 Å². The van der Waals surface area contributed by atoms with E-state index in [1.807, 2.05) is 0 Å². The monoisotopic (exact) mass is 82.1 g/mol. The first-order valence-corrected chi connectivity index (χ1v) is 2.49. The van der Waals surface area contributed by atoms with E-state index in [1.165, 1.54) is 6.42 Å². The zero-order valence-electron chi connectivity index (χ0n) is 4.36. The fraction of sp³-hybridized carbons (Fsp3) is 0.667. The summed E-state index contributed by atoms with van der Waals surface area (Å²) in [5.74, 6) is 0.926. The van der Waals surface area contributed by atoms with Crippen molar-refractivity contribution in [1.82, 2.24) is 0 Å². The second-order valence-electron chi connectivity index (χ2n) is 1.97. The van der Waals surface area contributed by atoms with Gasteiger partial charge in [0.15, 0.2) is 0 Å². The number of rotatable bonds is 0. The first kappa shape index (κ1) is 3.91. The average Bonchev–Trinajstić information content (AvgIpc) is 2.19. The summed E-state index contributed by atoms with van der Waals surface area (Å²) in [6.45, 7) is 4.37. The lowest BCUT2D eigenvalue weighted by Crippen LogP contribution is -1.49. The zero-order valence-corrected chi connectivity index (χ0v) is 4.36. The topological polar surface area (TPSA) is 0 Å². The summed E-state index contributed by atoms with van der Waals surface area (Å²) < 4.78 is 0. The standard InChI is InChI=1S/C6H10/c1-3-6-4-5(6)2/h3,5H,4H2,1-2H3/b6-3-. The molecule has 0 nitrogen and oxygen atoms in total. The molecule has 0 amide bonds. The second-order valence-corrected chi connectivity index (χ2v) is 1.97. The molecule has 1 fully saturated rings. The molecule has 1 rings (SSSR count). The van der Waals surface area contributed by atoms with Gasteiger partial charge in [0.2, 0.25) is 0 Å². The van der Waals surface area contributed by atoms with Gasteiger partial charge in [-0.1, -0.05) is 18.6 Å². The van der Waals surface area contributed by atoms with Crippen LogP contribution >= 0.6 is 0 Å². The minimum absolute atomic E-state index is 0.926. The van der Waals surface area contributed by atoms with Crippen molar-refractivity contribution in [3.05, 3.63) is 11.6 Å². The normalized spacial score (nSPS) is 37.7. The van der Waals surface area contributed by atoms with Crippen molar-refractivity contribution in [1.29, 1.82) is 0 Å². The summed E-state index contributed by atoms with van der Waals surface area (Å²) in [6, 6.07) is 0. The number of hydrogen-bond donors (Lipinski definition) is 0. The summed E-state index contributed by atoms with van der Waals surface area (Å²) >= 11 is 0. The van der Waals surface area contributed by atoms with Crippen LogP contribution in [0.15, 0.2) is 11.6 Å². The van der Waals surface area contributed by atoms with Gasteiger partial charge >= 0.3 is 0 Å². The molecule has 0 bridgehead atoms. The minimum atomic E-state index is 0.926. The van der Waals surface area contributed by atoms with Crippen LogP contribution < -0.4 is 0 Å². The molecule has 6 heavy (non-hydrogen) atoms. The van der Waals surface area contributed by atoms with E-state index < -0.39 is 0 Å². The van der Waals surface area contributed by atoms with E-state index in [1.54, 1.807) is 5.57 Å². The van der Waals surface area contributed by atoms with E-state index >= 15 is 0 Å². The van der Waals surface area contributed by atoms with Gasteiger partial charge in [0.1, 0.15) is 0 Å². The maximum absolute atomic E-state index is 2.26. The Labute approximate surface area is 38.9 Å². The summed E-state index contributed by atoms with van der Waals surface area (Å²) in [5.41, 5.74) is 1.63. The highest BCUT2D eigenvalue weighted by molar-refractivity contribution is 5.20. The van der Waals surface area contributed by atoms with E-state index in [9.17, 15) is 0 Å². The fourth-order valence-electron chi connectivity index (χ4n) is 0.697. The maximum atomic E-state index is 2.26. The Morgan fingerprint density at radius 3 is 2.33 bits per heavy atom. The Hall–Kier alpha value is -0.260. The Balaban J connectivity index is 2.44. The van der Waals surface area contributed by atoms with Crippen molar-refractivity contribution in [3.63, 3.8) is 0 Å². The molecule has 0 heterocycles. The Kier molecular flexibility index (Phi) is 0.722. The first-order valence-electron chi connectivity index (χ1n) is 2.49. The molecule has 0 aromatic carbocycles. The molecule has 0 saturated heterocycles. The molecule has 1 unspecified atom stereocenters. The molecule has 1 saturated carbocycles. The molecule has 0 aromatic heterocycles. The lowest BCUT2D eigenvalue weighted by atomic mass is 10.4. The SMILES string of the molecule is C/C=C1/CC1C. The molecule has 0 heteroatoms. The van der Waals surface area contributed by atoms with E-state index in [0.29, 0.717) is 0 Å². The van der Waals surface area contributed by atoms with Crippen LogP contribution in [0.2, 0.25) is 0 Å². The predicted molar refractivity (Wildman–Crippen MR) is 27.5 cm³/mol. The molecule has 34 valence electrons. The van der Waals surface area contributed by atoms with E-state index in [2.05, 4.69) is 19.9 Å². The number of hydrogen-bond acceptors (Lipinski definition) is 0. The van der Waals surface area contributed by atoms with Crippen molar-refractivity contribution in [2.45, 2.75) is 20.3 Å². The van der Waals surface area contributed by atoms with Gasteiger partial charge in [0.25, 0.3) is 0 Å². The quantitative estimate of drug-likeness (QED) is 0.392. The number of allylic oxidation sites excluding steroid dienone is 2. The molecule has 1 aliphatic carbocycles. The molecule has 1 atom stereocenters. The van der Waals surface area contributed by atoms with Crippen LogP contribution in [-0.4, -0.2) is 0 Å². The lowest BCUT2D eigenvalue weighted by molar-refractivity contribution is 1.02. The second kappa shape index (κ2) is 1.11. The predicted octanol–water partition coefficient (Wildman–Crippen LogP) is 1.97. The summed E-state index contributed by atoms with van der Waals surface area (Å²) in [5, 5.41) is 0. The largest absolute Gasteiger partial charge is 0.0882 e. The van der Waals surface area contributed by atoms with Gasteiger partial charge in [0, 0.05) is 0 Å². The molecule has 1 aliphatic rings. The van der Waals surface area contributed by atoms with Gasteiger partial charge in [-0.05, 0) is 19.3 Å². The van der Waals surface area contributed by atoms with Crippen molar-refractivity contribution >= 4 is 0 Å². The van der Waals surface area contributed by atoms with Crippen molar-refractivity contribution in [2.75, 3.05) is 0 Å². The van der Waals surface area contributed by atoms with Crippen LogP contribution in [0, 0.1) is 5.92 Å².